The maximum Gasteiger partial charge on any atom is 0.247 e. The highest BCUT2D eigenvalue weighted by Crippen LogP contribution is 2.22. The van der Waals surface area contributed by atoms with E-state index in [1.807, 2.05) is 5.38 Å². The number of aryl methyl sites for hydroxylation is 1. The summed E-state index contributed by atoms with van der Waals surface area (Å²) >= 11 is 1.17. The number of hydrogen-bond donors (Lipinski definition) is 5. The van der Waals surface area contributed by atoms with Crippen LogP contribution < -0.4 is 10.5 Å². The van der Waals surface area contributed by atoms with Gasteiger partial charge in [0, 0.05) is 25.3 Å². The lowest BCUT2D eigenvalue weighted by atomic mass is 10.1. The van der Waals surface area contributed by atoms with Gasteiger partial charge in [-0.25, -0.2) is 13.6 Å². The Balaban J connectivity index is 1.41. The third-order valence-electron chi connectivity index (χ3n) is 5.30. The van der Waals surface area contributed by atoms with E-state index in [1.165, 1.54) is 17.4 Å². The largest absolute Gasteiger partial charge is 0.508 e. The molecule has 2 rings (SSSR count). The Morgan fingerprint density at radius 1 is 1.06 bits per heavy atom. The number of hydrogen-bond acceptors (Lipinski definition) is 8. The molecule has 0 unspecified atom stereocenters. The number of aliphatic hydroxyl groups is 2. The molecule has 0 aliphatic heterocycles. The van der Waals surface area contributed by atoms with Crippen molar-refractivity contribution in [1.82, 2.24) is 5.32 Å². The van der Waals surface area contributed by atoms with Crippen LogP contribution in [0.4, 0.5) is 0 Å². The van der Waals surface area contributed by atoms with E-state index in [-0.39, 0.29) is 16.6 Å². The number of nitrogens with one attached hydrogen (secondary N) is 1. The number of benzene rings is 1. The van der Waals surface area contributed by atoms with Crippen LogP contribution in [-0.4, -0.2) is 50.0 Å². The lowest BCUT2D eigenvalue weighted by molar-refractivity contribution is 0.126. The van der Waals surface area contributed by atoms with E-state index in [2.05, 4.69) is 5.32 Å². The Morgan fingerprint density at radius 3 is 2.48 bits per heavy atom. The van der Waals surface area contributed by atoms with Crippen molar-refractivity contribution in [1.29, 1.82) is 0 Å². The first-order valence-corrected chi connectivity index (χ1v) is 13.7. The summed E-state index contributed by atoms with van der Waals surface area (Å²) < 4.78 is 28.4. The minimum atomic E-state index is -3.59. The number of phenols is 1. The van der Waals surface area contributed by atoms with Gasteiger partial charge >= 0.3 is 0 Å². The lowest BCUT2D eigenvalue weighted by Gasteiger charge is -2.14. The molecule has 8 nitrogen and oxygen atoms in total. The molecule has 2 aromatic rings. The van der Waals surface area contributed by atoms with Crippen molar-refractivity contribution in [3.63, 3.8) is 0 Å². The quantitative estimate of drug-likeness (QED) is 0.210. The standard InChI is InChI=1S/C23H36N2O6S2/c24-33(29,30)23-13-18(17-32-23)7-3-6-12-31-11-5-2-1-4-10-25-15-22(28)19-8-9-21(27)20(14-19)16-26/h8-9,13-14,17,22,25-28H,1-7,10-12,15-16H2,(H2,24,29,30)/t22-/m0/s1. The van der Waals surface area contributed by atoms with Gasteiger partial charge in [-0.3, -0.25) is 0 Å². The van der Waals surface area contributed by atoms with Gasteiger partial charge in [-0.05, 0) is 73.4 Å². The predicted octanol–water partition coefficient (Wildman–Crippen LogP) is 2.82. The van der Waals surface area contributed by atoms with E-state index >= 15 is 0 Å². The number of unbranched alkanes of at least 4 members (excludes halogenated alkanes) is 4. The third kappa shape index (κ3) is 10.5. The van der Waals surface area contributed by atoms with Crippen LogP contribution in [-0.2, 0) is 27.8 Å². The number of aliphatic hydroxyl groups excluding tert-OH is 2. The van der Waals surface area contributed by atoms with E-state index in [9.17, 15) is 23.7 Å². The molecule has 6 N–H and O–H groups in total. The van der Waals surface area contributed by atoms with Gasteiger partial charge in [0.1, 0.15) is 9.96 Å². The van der Waals surface area contributed by atoms with Crippen molar-refractivity contribution in [2.45, 2.75) is 61.9 Å². The molecule has 10 heteroatoms. The van der Waals surface area contributed by atoms with Crippen LogP contribution in [0.15, 0.2) is 33.9 Å². The zero-order chi connectivity index (χ0) is 24.1. The number of aromatic hydroxyl groups is 1. The second-order valence-electron chi connectivity index (χ2n) is 8.07. The van der Waals surface area contributed by atoms with Crippen LogP contribution in [0.2, 0.25) is 0 Å². The van der Waals surface area contributed by atoms with Gasteiger partial charge in [-0.2, -0.15) is 0 Å². The van der Waals surface area contributed by atoms with Crippen molar-refractivity contribution in [3.8, 4) is 5.75 Å². The van der Waals surface area contributed by atoms with Crippen molar-refractivity contribution in [3.05, 3.63) is 46.3 Å². The minimum absolute atomic E-state index is 0.0321. The Hall–Kier alpha value is -1.53. The Morgan fingerprint density at radius 2 is 1.79 bits per heavy atom. The van der Waals surface area contributed by atoms with Gasteiger partial charge in [0.05, 0.1) is 12.7 Å². The maximum atomic E-state index is 11.3. The fourth-order valence-electron chi connectivity index (χ4n) is 3.37. The first-order chi connectivity index (χ1) is 15.8. The van der Waals surface area contributed by atoms with Gasteiger partial charge in [-0.1, -0.05) is 18.9 Å². The summed E-state index contributed by atoms with van der Waals surface area (Å²) in [6.45, 7) is 2.43. The maximum absolute atomic E-state index is 11.3. The molecular weight excluding hydrogens is 464 g/mol. The fraction of sp³-hybridized carbons (Fsp3) is 0.565. The van der Waals surface area contributed by atoms with Crippen molar-refractivity contribution in [2.24, 2.45) is 5.14 Å². The van der Waals surface area contributed by atoms with Crippen LogP contribution in [0.5, 0.6) is 5.75 Å². The molecule has 33 heavy (non-hydrogen) atoms. The molecule has 1 heterocycles. The van der Waals surface area contributed by atoms with Gasteiger partial charge in [0.25, 0.3) is 0 Å². The average Bonchev–Trinajstić information content (AvgIpc) is 3.26. The van der Waals surface area contributed by atoms with E-state index < -0.39 is 16.1 Å². The Bertz CT molecular complexity index is 933. The van der Waals surface area contributed by atoms with E-state index in [0.29, 0.717) is 24.3 Å². The third-order valence-corrected chi connectivity index (χ3v) is 7.74. The molecule has 1 aromatic heterocycles. The molecule has 0 amide bonds. The zero-order valence-electron chi connectivity index (χ0n) is 18.9. The molecule has 0 fully saturated rings. The van der Waals surface area contributed by atoms with Crippen LogP contribution >= 0.6 is 11.3 Å². The highest BCUT2D eigenvalue weighted by Gasteiger charge is 2.11. The van der Waals surface area contributed by atoms with Crippen molar-refractivity contribution < 1.29 is 28.5 Å². The molecule has 0 aliphatic rings. The first-order valence-electron chi connectivity index (χ1n) is 11.3. The SMILES string of the molecule is NS(=O)(=O)c1cc(CCCCOCCCCCCNC[C@H](O)c2ccc(O)c(CO)c2)cs1. The second kappa shape index (κ2) is 14.7. The summed E-state index contributed by atoms with van der Waals surface area (Å²) in [7, 11) is -3.59. The molecule has 0 bridgehead atoms. The Kier molecular flexibility index (Phi) is 12.3. The molecule has 0 spiro atoms. The van der Waals surface area contributed by atoms with Gasteiger partial charge in [-0.15, -0.1) is 11.3 Å². The topological polar surface area (TPSA) is 142 Å². The molecular formula is C23H36N2O6S2. The van der Waals surface area contributed by atoms with Gasteiger partial charge < -0.3 is 25.4 Å². The highest BCUT2D eigenvalue weighted by molar-refractivity contribution is 7.91. The number of nitrogens with two attached hydrogens (primary N) is 1. The molecule has 186 valence electrons. The van der Waals surface area contributed by atoms with E-state index in [1.54, 1.807) is 18.2 Å². The number of primary sulfonamides is 1. The molecule has 0 radical (unpaired) electrons. The van der Waals surface area contributed by atoms with Crippen LogP contribution in [0.3, 0.4) is 0 Å². The van der Waals surface area contributed by atoms with Gasteiger partial charge in [0.15, 0.2) is 0 Å². The van der Waals surface area contributed by atoms with Crippen molar-refractivity contribution in [2.75, 3.05) is 26.3 Å². The summed E-state index contributed by atoms with van der Waals surface area (Å²) in [6, 6.07) is 6.42. The van der Waals surface area contributed by atoms with E-state index in [4.69, 9.17) is 9.88 Å². The highest BCUT2D eigenvalue weighted by atomic mass is 32.2. The summed E-state index contributed by atoms with van der Waals surface area (Å²) in [5.74, 6) is 0.0321. The monoisotopic (exact) mass is 500 g/mol. The first kappa shape index (κ1) is 27.7. The van der Waals surface area contributed by atoms with E-state index in [0.717, 1.165) is 63.7 Å². The summed E-state index contributed by atoms with van der Waals surface area (Å²) in [6.07, 6.45) is 6.25. The van der Waals surface area contributed by atoms with Crippen molar-refractivity contribution >= 4 is 21.4 Å². The second-order valence-corrected chi connectivity index (χ2v) is 10.8. The fourth-order valence-corrected chi connectivity index (χ4v) is 5.04. The average molecular weight is 501 g/mol. The number of sulfonamides is 1. The van der Waals surface area contributed by atoms with Crippen LogP contribution in [0.1, 0.15) is 61.3 Å². The molecule has 1 atom stereocenters. The predicted molar refractivity (Wildman–Crippen MR) is 130 cm³/mol. The number of ether oxygens (including phenoxy) is 1. The van der Waals surface area contributed by atoms with Gasteiger partial charge in [0.2, 0.25) is 10.0 Å². The number of rotatable bonds is 17. The van der Waals surface area contributed by atoms with Crippen LogP contribution in [0, 0.1) is 0 Å². The molecule has 0 saturated heterocycles. The minimum Gasteiger partial charge on any atom is -0.508 e. The van der Waals surface area contributed by atoms with Crippen LogP contribution in [0.25, 0.3) is 0 Å². The normalized spacial score (nSPS) is 12.8. The smallest absolute Gasteiger partial charge is 0.247 e. The molecule has 0 saturated carbocycles. The summed E-state index contributed by atoms with van der Waals surface area (Å²) in [5.41, 5.74) is 2.09. The Labute approximate surface area is 200 Å². The molecule has 1 aromatic carbocycles. The summed E-state index contributed by atoms with van der Waals surface area (Å²) in [5, 5.41) is 39.2. The molecule has 0 aliphatic carbocycles. The number of thiophene rings is 1. The summed E-state index contributed by atoms with van der Waals surface area (Å²) in [4.78, 5) is 0. The zero-order valence-corrected chi connectivity index (χ0v) is 20.5. The lowest BCUT2D eigenvalue weighted by Crippen LogP contribution is -2.22.